The van der Waals surface area contributed by atoms with Crippen molar-refractivity contribution >= 4 is 5.97 Å². The van der Waals surface area contributed by atoms with E-state index in [1.165, 1.54) is 12.7 Å². The second-order valence-corrected chi connectivity index (χ2v) is 3.37. The van der Waals surface area contributed by atoms with Gasteiger partial charge in [0.15, 0.2) is 0 Å². The molecular formula is C13H16O2. The van der Waals surface area contributed by atoms with Crippen LogP contribution in [0.4, 0.5) is 0 Å². The fraction of sp³-hybridized carbons (Fsp3) is 0.308. The van der Waals surface area contributed by atoms with Crippen LogP contribution in [0.15, 0.2) is 36.9 Å². The maximum absolute atomic E-state index is 11.3. The second kappa shape index (κ2) is 6.02. The highest BCUT2D eigenvalue weighted by Gasteiger charge is 2.04. The summed E-state index contributed by atoms with van der Waals surface area (Å²) in [5.74, 6) is -0.277. The molecule has 0 N–H and O–H groups in total. The normalized spacial score (nSPS) is 9.67. The summed E-state index contributed by atoms with van der Waals surface area (Å²) >= 11 is 0. The van der Waals surface area contributed by atoms with Crippen LogP contribution in [0, 0.1) is 0 Å². The van der Waals surface area contributed by atoms with Crippen LogP contribution in [0.1, 0.15) is 28.8 Å². The first-order valence-electron chi connectivity index (χ1n) is 5.06. The molecule has 15 heavy (non-hydrogen) atoms. The molecule has 0 unspecified atom stereocenters. The van der Waals surface area contributed by atoms with Crippen molar-refractivity contribution in [2.45, 2.75) is 19.3 Å². The van der Waals surface area contributed by atoms with Gasteiger partial charge in [-0.25, -0.2) is 4.79 Å². The van der Waals surface area contributed by atoms with Gasteiger partial charge < -0.3 is 4.74 Å². The summed E-state index contributed by atoms with van der Waals surface area (Å²) in [6.07, 6.45) is 4.94. The van der Waals surface area contributed by atoms with Gasteiger partial charge in [0, 0.05) is 0 Å². The lowest BCUT2D eigenvalue weighted by Crippen LogP contribution is -2.01. The van der Waals surface area contributed by atoms with Crippen LogP contribution in [0.3, 0.4) is 0 Å². The summed E-state index contributed by atoms with van der Waals surface area (Å²) in [5.41, 5.74) is 1.79. The number of benzene rings is 1. The lowest BCUT2D eigenvalue weighted by molar-refractivity contribution is 0.0600. The zero-order valence-corrected chi connectivity index (χ0v) is 9.03. The first kappa shape index (κ1) is 11.5. The third-order valence-electron chi connectivity index (χ3n) is 2.22. The van der Waals surface area contributed by atoms with Crippen molar-refractivity contribution in [3.63, 3.8) is 0 Å². The van der Waals surface area contributed by atoms with E-state index in [1.807, 2.05) is 24.3 Å². The smallest absolute Gasteiger partial charge is 0.337 e. The Morgan fingerprint density at radius 1 is 1.53 bits per heavy atom. The fourth-order valence-corrected chi connectivity index (χ4v) is 1.42. The van der Waals surface area contributed by atoms with Gasteiger partial charge in [-0.1, -0.05) is 18.2 Å². The zero-order chi connectivity index (χ0) is 11.1. The van der Waals surface area contributed by atoms with Crippen LogP contribution < -0.4 is 0 Å². The molecule has 0 saturated heterocycles. The van der Waals surface area contributed by atoms with Crippen molar-refractivity contribution in [3.8, 4) is 0 Å². The Hall–Kier alpha value is -1.57. The van der Waals surface area contributed by atoms with Gasteiger partial charge in [0.1, 0.15) is 0 Å². The molecule has 2 heteroatoms. The first-order chi connectivity index (χ1) is 7.27. The quantitative estimate of drug-likeness (QED) is 0.418. The third-order valence-corrected chi connectivity index (χ3v) is 2.22. The Balaban J connectivity index is 2.65. The Labute approximate surface area is 90.6 Å². The lowest BCUT2D eigenvalue weighted by atomic mass is 10.1. The molecule has 0 aliphatic carbocycles. The molecule has 0 atom stereocenters. The van der Waals surface area contributed by atoms with Crippen molar-refractivity contribution in [3.05, 3.63) is 48.0 Å². The average molecular weight is 204 g/mol. The van der Waals surface area contributed by atoms with E-state index in [0.29, 0.717) is 5.56 Å². The summed E-state index contributed by atoms with van der Waals surface area (Å²) in [7, 11) is 1.40. The number of ether oxygens (including phenoxy) is 1. The Bertz CT molecular complexity index is 342. The van der Waals surface area contributed by atoms with Crippen LogP contribution in [0.25, 0.3) is 0 Å². The van der Waals surface area contributed by atoms with Crippen molar-refractivity contribution in [2.75, 3.05) is 7.11 Å². The molecule has 0 bridgehead atoms. The third kappa shape index (κ3) is 3.58. The molecule has 0 fully saturated rings. The number of methoxy groups -OCH3 is 1. The molecule has 0 radical (unpaired) electrons. The minimum Gasteiger partial charge on any atom is -0.465 e. The van der Waals surface area contributed by atoms with Crippen LogP contribution in [-0.4, -0.2) is 13.1 Å². The maximum atomic E-state index is 11.3. The lowest BCUT2D eigenvalue weighted by Gasteiger charge is -2.03. The topological polar surface area (TPSA) is 26.3 Å². The molecule has 0 aliphatic rings. The van der Waals surface area contributed by atoms with Crippen LogP contribution in [0.5, 0.6) is 0 Å². The number of unbranched alkanes of at least 4 members (excludes halogenated alkanes) is 1. The van der Waals surface area contributed by atoms with Gasteiger partial charge in [0.25, 0.3) is 0 Å². The number of hydrogen-bond donors (Lipinski definition) is 0. The number of aryl methyl sites for hydroxylation is 1. The standard InChI is InChI=1S/C13H16O2/c1-3-4-5-7-11-8-6-9-12(10-11)13(14)15-2/h3,6,8-10H,1,4-5,7H2,2H3. The van der Waals surface area contributed by atoms with Gasteiger partial charge >= 0.3 is 5.97 Å². The van der Waals surface area contributed by atoms with Gasteiger partial charge in [-0.3, -0.25) is 0 Å². The molecule has 1 aromatic carbocycles. The minimum atomic E-state index is -0.277. The van der Waals surface area contributed by atoms with Gasteiger partial charge in [0.05, 0.1) is 12.7 Å². The number of carbonyl (C=O) groups excluding carboxylic acids is 1. The van der Waals surface area contributed by atoms with Crippen molar-refractivity contribution in [1.29, 1.82) is 0 Å². The molecule has 1 rings (SSSR count). The molecule has 1 aromatic rings. The van der Waals surface area contributed by atoms with E-state index in [4.69, 9.17) is 0 Å². The molecular weight excluding hydrogens is 188 g/mol. The number of rotatable bonds is 5. The summed E-state index contributed by atoms with van der Waals surface area (Å²) < 4.78 is 4.66. The van der Waals surface area contributed by atoms with Crippen molar-refractivity contribution < 1.29 is 9.53 Å². The molecule has 0 spiro atoms. The summed E-state index contributed by atoms with van der Waals surface area (Å²) in [6.45, 7) is 3.68. The van der Waals surface area contributed by atoms with Crippen molar-refractivity contribution in [1.82, 2.24) is 0 Å². The summed E-state index contributed by atoms with van der Waals surface area (Å²) in [4.78, 5) is 11.3. The molecule has 0 aliphatic heterocycles. The van der Waals surface area contributed by atoms with Crippen molar-refractivity contribution in [2.24, 2.45) is 0 Å². The van der Waals surface area contributed by atoms with E-state index >= 15 is 0 Å². The second-order valence-electron chi connectivity index (χ2n) is 3.37. The average Bonchev–Trinajstić information content (AvgIpc) is 2.29. The summed E-state index contributed by atoms with van der Waals surface area (Å²) in [5, 5.41) is 0. The molecule has 80 valence electrons. The Morgan fingerprint density at radius 3 is 3.00 bits per heavy atom. The van der Waals surface area contributed by atoms with Crippen LogP contribution >= 0.6 is 0 Å². The monoisotopic (exact) mass is 204 g/mol. The van der Waals surface area contributed by atoms with E-state index in [2.05, 4.69) is 11.3 Å². The number of carbonyl (C=O) groups is 1. The van der Waals surface area contributed by atoms with E-state index in [0.717, 1.165) is 19.3 Å². The van der Waals surface area contributed by atoms with E-state index in [9.17, 15) is 4.79 Å². The zero-order valence-electron chi connectivity index (χ0n) is 9.03. The number of allylic oxidation sites excluding steroid dienone is 1. The molecule has 0 aromatic heterocycles. The van der Waals surface area contributed by atoms with Gasteiger partial charge in [-0.2, -0.15) is 0 Å². The predicted octanol–water partition coefficient (Wildman–Crippen LogP) is 2.98. The Kier molecular flexibility index (Phi) is 4.61. The molecule has 2 nitrogen and oxygen atoms in total. The molecule has 0 amide bonds. The highest BCUT2D eigenvalue weighted by atomic mass is 16.5. The number of esters is 1. The molecule has 0 saturated carbocycles. The maximum Gasteiger partial charge on any atom is 0.337 e. The Morgan fingerprint density at radius 2 is 2.33 bits per heavy atom. The van der Waals surface area contributed by atoms with Crippen LogP contribution in [-0.2, 0) is 11.2 Å². The first-order valence-corrected chi connectivity index (χ1v) is 5.06. The van der Waals surface area contributed by atoms with E-state index in [-0.39, 0.29) is 5.97 Å². The van der Waals surface area contributed by atoms with Gasteiger partial charge in [-0.05, 0) is 37.0 Å². The number of hydrogen-bond acceptors (Lipinski definition) is 2. The summed E-state index contributed by atoms with van der Waals surface area (Å²) in [6, 6.07) is 7.56. The largest absolute Gasteiger partial charge is 0.465 e. The SMILES string of the molecule is C=CCCCc1cccc(C(=O)OC)c1. The fourth-order valence-electron chi connectivity index (χ4n) is 1.42. The highest BCUT2D eigenvalue weighted by molar-refractivity contribution is 5.89. The minimum absolute atomic E-state index is 0.277. The van der Waals surface area contributed by atoms with E-state index < -0.39 is 0 Å². The van der Waals surface area contributed by atoms with Crippen LogP contribution in [0.2, 0.25) is 0 Å². The predicted molar refractivity (Wildman–Crippen MR) is 60.9 cm³/mol. The van der Waals surface area contributed by atoms with E-state index in [1.54, 1.807) is 6.07 Å². The molecule has 0 heterocycles. The van der Waals surface area contributed by atoms with Gasteiger partial charge in [0.2, 0.25) is 0 Å². The van der Waals surface area contributed by atoms with Gasteiger partial charge in [-0.15, -0.1) is 6.58 Å². The highest BCUT2D eigenvalue weighted by Crippen LogP contribution is 2.09.